The van der Waals surface area contributed by atoms with Gasteiger partial charge in [0, 0.05) is 6.08 Å². The molecule has 0 aromatic heterocycles. The first-order valence-electron chi connectivity index (χ1n) is 4.74. The number of phenols is 1. The topological polar surface area (TPSA) is 72.8 Å². The van der Waals surface area contributed by atoms with Crippen LogP contribution in [-0.4, -0.2) is 31.6 Å². The Morgan fingerprint density at radius 1 is 1.35 bits per heavy atom. The van der Waals surface area contributed by atoms with E-state index >= 15 is 0 Å². The van der Waals surface area contributed by atoms with Gasteiger partial charge in [0.05, 0.1) is 19.8 Å². The van der Waals surface area contributed by atoms with E-state index in [0.29, 0.717) is 11.8 Å². The maximum Gasteiger partial charge on any atom is 0.330 e. The van der Waals surface area contributed by atoms with Crippen molar-refractivity contribution < 1.29 is 24.2 Å². The summed E-state index contributed by atoms with van der Waals surface area (Å²) in [5.74, 6) is -0.568. The van der Waals surface area contributed by atoms with Crippen LogP contribution in [0.25, 0.3) is 6.08 Å². The molecule has 0 amide bonds. The molecule has 1 rings (SSSR count). The zero-order valence-electron chi connectivity index (χ0n) is 9.47. The van der Waals surface area contributed by atoms with E-state index in [2.05, 4.69) is 4.74 Å². The lowest BCUT2D eigenvalue weighted by Gasteiger charge is -2.06. The van der Waals surface area contributed by atoms with Crippen LogP contribution in [0.2, 0.25) is 0 Å². The smallest absolute Gasteiger partial charge is 0.330 e. The predicted octanol–water partition coefficient (Wildman–Crippen LogP) is 1.40. The van der Waals surface area contributed by atoms with Gasteiger partial charge in [-0.1, -0.05) is 0 Å². The molecule has 0 heterocycles. The number of esters is 1. The van der Waals surface area contributed by atoms with Crippen molar-refractivity contribution in [3.05, 3.63) is 29.3 Å². The SMILES string of the molecule is COC(=O)C=Cc1cc(C=O)c(O)c(OC)c1. The molecule has 0 atom stereocenters. The Hall–Kier alpha value is -2.30. The highest BCUT2D eigenvalue weighted by atomic mass is 16.5. The van der Waals surface area contributed by atoms with Crippen molar-refractivity contribution in [1.82, 2.24) is 0 Å². The monoisotopic (exact) mass is 236 g/mol. The Morgan fingerprint density at radius 2 is 2.06 bits per heavy atom. The Balaban J connectivity index is 3.13. The molecule has 1 aromatic rings. The number of aldehydes is 1. The van der Waals surface area contributed by atoms with Crippen LogP contribution in [0.1, 0.15) is 15.9 Å². The summed E-state index contributed by atoms with van der Waals surface area (Å²) in [6, 6.07) is 2.94. The van der Waals surface area contributed by atoms with Crippen LogP contribution in [0.5, 0.6) is 11.5 Å². The summed E-state index contributed by atoms with van der Waals surface area (Å²) in [4.78, 5) is 21.6. The minimum absolute atomic E-state index is 0.0915. The van der Waals surface area contributed by atoms with Crippen molar-refractivity contribution in [2.24, 2.45) is 0 Å². The summed E-state index contributed by atoms with van der Waals surface area (Å²) in [6.07, 6.45) is 3.18. The normalized spacial score (nSPS) is 10.2. The fraction of sp³-hybridized carbons (Fsp3) is 0.167. The molecule has 0 aliphatic carbocycles. The van der Waals surface area contributed by atoms with Crippen LogP contribution in [0.15, 0.2) is 18.2 Å². The van der Waals surface area contributed by atoms with Crippen molar-refractivity contribution in [2.45, 2.75) is 0 Å². The number of methoxy groups -OCH3 is 2. The number of hydrogen-bond donors (Lipinski definition) is 1. The summed E-state index contributed by atoms with van der Waals surface area (Å²) in [6.45, 7) is 0. The van der Waals surface area contributed by atoms with E-state index in [0.717, 1.165) is 0 Å². The molecule has 0 aliphatic rings. The maximum atomic E-state index is 10.9. The van der Waals surface area contributed by atoms with E-state index in [4.69, 9.17) is 4.74 Å². The highest BCUT2D eigenvalue weighted by Crippen LogP contribution is 2.30. The average Bonchev–Trinajstić information content (AvgIpc) is 2.36. The second kappa shape index (κ2) is 5.69. The fourth-order valence-electron chi connectivity index (χ4n) is 1.23. The van der Waals surface area contributed by atoms with Crippen LogP contribution in [0.3, 0.4) is 0 Å². The van der Waals surface area contributed by atoms with Gasteiger partial charge in [-0.3, -0.25) is 4.79 Å². The van der Waals surface area contributed by atoms with Gasteiger partial charge in [-0.05, 0) is 23.8 Å². The molecule has 90 valence electrons. The van der Waals surface area contributed by atoms with E-state index in [1.165, 1.54) is 38.5 Å². The first kappa shape index (κ1) is 12.8. The minimum Gasteiger partial charge on any atom is -0.504 e. The number of rotatable bonds is 4. The largest absolute Gasteiger partial charge is 0.504 e. The summed E-state index contributed by atoms with van der Waals surface area (Å²) in [7, 11) is 2.64. The summed E-state index contributed by atoms with van der Waals surface area (Å²) >= 11 is 0. The summed E-state index contributed by atoms with van der Waals surface area (Å²) in [5.41, 5.74) is 0.640. The van der Waals surface area contributed by atoms with Crippen LogP contribution >= 0.6 is 0 Å². The first-order valence-corrected chi connectivity index (χ1v) is 4.74. The fourth-order valence-corrected chi connectivity index (χ4v) is 1.23. The van der Waals surface area contributed by atoms with Crippen LogP contribution in [-0.2, 0) is 9.53 Å². The van der Waals surface area contributed by atoms with Gasteiger partial charge in [-0.2, -0.15) is 0 Å². The number of hydrogen-bond acceptors (Lipinski definition) is 5. The van der Waals surface area contributed by atoms with Gasteiger partial charge in [-0.25, -0.2) is 4.79 Å². The van der Waals surface area contributed by atoms with Gasteiger partial charge in [0.25, 0.3) is 0 Å². The minimum atomic E-state index is -0.510. The number of carbonyl (C=O) groups is 2. The van der Waals surface area contributed by atoms with Crippen LogP contribution < -0.4 is 4.74 Å². The molecule has 1 aromatic carbocycles. The van der Waals surface area contributed by atoms with Crippen molar-refractivity contribution >= 4 is 18.3 Å². The second-order valence-corrected chi connectivity index (χ2v) is 3.14. The molecule has 5 heteroatoms. The number of benzene rings is 1. The van der Waals surface area contributed by atoms with E-state index in [-0.39, 0.29) is 17.1 Å². The molecule has 0 fully saturated rings. The van der Waals surface area contributed by atoms with Gasteiger partial charge >= 0.3 is 5.97 Å². The molecule has 17 heavy (non-hydrogen) atoms. The number of phenolic OH excluding ortho intramolecular Hbond substituents is 1. The quantitative estimate of drug-likeness (QED) is 0.486. The molecule has 0 saturated heterocycles. The maximum absolute atomic E-state index is 10.9. The van der Waals surface area contributed by atoms with Gasteiger partial charge < -0.3 is 14.6 Å². The molecular weight excluding hydrogens is 224 g/mol. The number of aromatic hydroxyl groups is 1. The van der Waals surface area contributed by atoms with Gasteiger partial charge in [0.15, 0.2) is 17.8 Å². The summed E-state index contributed by atoms with van der Waals surface area (Å²) < 4.78 is 9.34. The second-order valence-electron chi connectivity index (χ2n) is 3.14. The third kappa shape index (κ3) is 3.07. The predicted molar refractivity (Wildman–Crippen MR) is 61.1 cm³/mol. The Kier molecular flexibility index (Phi) is 4.28. The van der Waals surface area contributed by atoms with Crippen molar-refractivity contribution in [3.63, 3.8) is 0 Å². The number of ether oxygens (including phenoxy) is 2. The van der Waals surface area contributed by atoms with E-state index < -0.39 is 5.97 Å². The Morgan fingerprint density at radius 3 is 2.59 bits per heavy atom. The standard InChI is InChI=1S/C12H12O5/c1-16-10-6-8(3-4-11(14)17-2)5-9(7-13)12(10)15/h3-7,15H,1-2H3. The molecular formula is C12H12O5. The lowest BCUT2D eigenvalue weighted by atomic mass is 10.1. The Bertz CT molecular complexity index is 462. The van der Waals surface area contributed by atoms with Crippen molar-refractivity contribution in [2.75, 3.05) is 14.2 Å². The van der Waals surface area contributed by atoms with Gasteiger partial charge in [-0.15, -0.1) is 0 Å². The molecule has 0 aliphatic heterocycles. The van der Waals surface area contributed by atoms with E-state index in [9.17, 15) is 14.7 Å². The number of carbonyl (C=O) groups excluding carboxylic acids is 2. The van der Waals surface area contributed by atoms with Crippen LogP contribution in [0, 0.1) is 0 Å². The highest BCUT2D eigenvalue weighted by molar-refractivity contribution is 5.88. The molecule has 0 bridgehead atoms. The third-order valence-corrected chi connectivity index (χ3v) is 2.09. The lowest BCUT2D eigenvalue weighted by Crippen LogP contribution is -1.94. The van der Waals surface area contributed by atoms with Crippen molar-refractivity contribution in [1.29, 1.82) is 0 Å². The van der Waals surface area contributed by atoms with Gasteiger partial charge in [0.2, 0.25) is 0 Å². The van der Waals surface area contributed by atoms with Crippen molar-refractivity contribution in [3.8, 4) is 11.5 Å². The van der Waals surface area contributed by atoms with Gasteiger partial charge in [0.1, 0.15) is 0 Å². The molecule has 0 saturated carbocycles. The highest BCUT2D eigenvalue weighted by Gasteiger charge is 2.08. The van der Waals surface area contributed by atoms with Crippen LogP contribution in [0.4, 0.5) is 0 Å². The third-order valence-electron chi connectivity index (χ3n) is 2.09. The average molecular weight is 236 g/mol. The zero-order chi connectivity index (χ0) is 12.8. The Labute approximate surface area is 98.3 Å². The molecule has 5 nitrogen and oxygen atoms in total. The summed E-state index contributed by atoms with van der Waals surface area (Å²) in [5, 5.41) is 9.56. The zero-order valence-corrected chi connectivity index (χ0v) is 9.47. The first-order chi connectivity index (χ1) is 8.12. The molecule has 0 unspecified atom stereocenters. The molecule has 0 spiro atoms. The molecule has 1 N–H and O–H groups in total. The molecule has 0 radical (unpaired) electrons. The van der Waals surface area contributed by atoms with E-state index in [1.807, 2.05) is 0 Å². The lowest BCUT2D eigenvalue weighted by molar-refractivity contribution is -0.134. The van der Waals surface area contributed by atoms with E-state index in [1.54, 1.807) is 0 Å².